The third-order valence-electron chi connectivity index (χ3n) is 5.17. The molecule has 1 saturated heterocycles. The van der Waals surface area contributed by atoms with Gasteiger partial charge in [0.25, 0.3) is 5.91 Å². The molecule has 31 heavy (non-hydrogen) atoms. The molecule has 1 atom stereocenters. The number of carbonyl (C=O) groups excluding carboxylic acids is 1. The van der Waals surface area contributed by atoms with Gasteiger partial charge in [0.05, 0.1) is 12.0 Å². The highest BCUT2D eigenvalue weighted by molar-refractivity contribution is 7.89. The first-order chi connectivity index (χ1) is 14.5. The molecule has 1 aliphatic rings. The van der Waals surface area contributed by atoms with Crippen molar-refractivity contribution < 1.29 is 26.4 Å². The molecule has 2 aromatic carbocycles. The lowest BCUT2D eigenvalue weighted by Gasteiger charge is -2.32. The number of anilines is 1. The molecule has 9 nitrogen and oxygen atoms in total. The topological polar surface area (TPSA) is 136 Å². The average molecular weight is 468 g/mol. The normalized spacial score (nSPS) is 17.8. The third-order valence-corrected chi connectivity index (χ3v) is 8.12. The van der Waals surface area contributed by atoms with Gasteiger partial charge >= 0.3 is 0 Å². The van der Waals surface area contributed by atoms with E-state index < -0.39 is 26.0 Å². The zero-order valence-corrected chi connectivity index (χ0v) is 18.9. The number of nitrogens with two attached hydrogens (primary N) is 1. The number of piperidine rings is 1. The summed E-state index contributed by atoms with van der Waals surface area (Å²) in [5.74, 6) is -0.456. The summed E-state index contributed by atoms with van der Waals surface area (Å²) < 4.78 is 56.3. The minimum Gasteiger partial charge on any atom is -0.495 e. The molecule has 168 valence electrons. The SMILES string of the molecule is COc1ccc(C(=O)Nc2cccc(S(N)(=O)=O)c2)cc1S(=O)(=O)N1CCCC[C@H]1C. The molecule has 0 saturated carbocycles. The molecule has 3 N–H and O–H groups in total. The molecular formula is C20H25N3O6S2. The number of hydrogen-bond donors (Lipinski definition) is 2. The van der Waals surface area contributed by atoms with E-state index in [0.717, 1.165) is 19.3 Å². The van der Waals surface area contributed by atoms with Gasteiger partial charge in [-0.25, -0.2) is 22.0 Å². The fourth-order valence-corrected chi connectivity index (χ4v) is 5.97. The van der Waals surface area contributed by atoms with Crippen LogP contribution in [0.2, 0.25) is 0 Å². The average Bonchev–Trinajstić information content (AvgIpc) is 2.73. The van der Waals surface area contributed by atoms with E-state index in [0.29, 0.717) is 6.54 Å². The molecular weight excluding hydrogens is 442 g/mol. The van der Waals surface area contributed by atoms with Crippen LogP contribution < -0.4 is 15.2 Å². The minimum absolute atomic E-state index is 0.0880. The first kappa shape index (κ1) is 23.2. The van der Waals surface area contributed by atoms with E-state index in [2.05, 4.69) is 5.32 Å². The van der Waals surface area contributed by atoms with E-state index >= 15 is 0 Å². The van der Waals surface area contributed by atoms with Crippen LogP contribution in [0.5, 0.6) is 5.75 Å². The van der Waals surface area contributed by atoms with Gasteiger partial charge in [0.1, 0.15) is 10.6 Å². The highest BCUT2D eigenvalue weighted by Gasteiger charge is 2.33. The largest absolute Gasteiger partial charge is 0.495 e. The molecule has 0 spiro atoms. The van der Waals surface area contributed by atoms with E-state index in [1.165, 1.54) is 53.9 Å². The molecule has 1 amide bonds. The smallest absolute Gasteiger partial charge is 0.255 e. The molecule has 1 fully saturated rings. The number of hydrogen-bond acceptors (Lipinski definition) is 6. The van der Waals surface area contributed by atoms with Crippen molar-refractivity contribution in [1.82, 2.24) is 4.31 Å². The van der Waals surface area contributed by atoms with Crippen molar-refractivity contribution >= 4 is 31.6 Å². The second kappa shape index (κ2) is 8.95. The van der Waals surface area contributed by atoms with Gasteiger partial charge < -0.3 is 10.1 Å². The van der Waals surface area contributed by atoms with Crippen molar-refractivity contribution in [2.75, 3.05) is 19.0 Å². The maximum absolute atomic E-state index is 13.3. The second-order valence-electron chi connectivity index (χ2n) is 7.35. The number of nitrogens with zero attached hydrogens (tertiary/aromatic N) is 1. The number of nitrogens with one attached hydrogen (secondary N) is 1. The van der Waals surface area contributed by atoms with Crippen LogP contribution in [0.1, 0.15) is 36.5 Å². The summed E-state index contributed by atoms with van der Waals surface area (Å²) in [6.07, 6.45) is 2.50. The van der Waals surface area contributed by atoms with Crippen molar-refractivity contribution in [2.24, 2.45) is 5.14 Å². The van der Waals surface area contributed by atoms with E-state index in [-0.39, 0.29) is 32.8 Å². The molecule has 0 aliphatic carbocycles. The van der Waals surface area contributed by atoms with Gasteiger partial charge in [-0.3, -0.25) is 4.79 Å². The van der Waals surface area contributed by atoms with Crippen molar-refractivity contribution in [3.8, 4) is 5.75 Å². The minimum atomic E-state index is -3.93. The Morgan fingerprint density at radius 1 is 1.13 bits per heavy atom. The summed E-state index contributed by atoms with van der Waals surface area (Å²) in [5.41, 5.74) is 0.298. The maximum Gasteiger partial charge on any atom is 0.255 e. The van der Waals surface area contributed by atoms with Crippen LogP contribution in [0.4, 0.5) is 5.69 Å². The predicted molar refractivity (Wildman–Crippen MR) is 116 cm³/mol. The summed E-state index contributed by atoms with van der Waals surface area (Å²) >= 11 is 0. The van der Waals surface area contributed by atoms with E-state index in [1.807, 2.05) is 6.92 Å². The molecule has 0 aromatic heterocycles. The number of sulfonamides is 2. The number of amides is 1. The second-order valence-corrected chi connectivity index (χ2v) is 10.8. The highest BCUT2D eigenvalue weighted by Crippen LogP contribution is 2.32. The number of methoxy groups -OCH3 is 1. The number of benzene rings is 2. The van der Waals surface area contributed by atoms with Crippen LogP contribution in [-0.4, -0.2) is 46.7 Å². The molecule has 2 aromatic rings. The molecule has 1 heterocycles. The highest BCUT2D eigenvalue weighted by atomic mass is 32.2. The van der Waals surface area contributed by atoms with E-state index in [9.17, 15) is 21.6 Å². The van der Waals surface area contributed by atoms with Gasteiger partial charge in [-0.05, 0) is 56.2 Å². The van der Waals surface area contributed by atoms with Crippen molar-refractivity contribution in [3.05, 3.63) is 48.0 Å². The van der Waals surface area contributed by atoms with Crippen LogP contribution in [-0.2, 0) is 20.0 Å². The predicted octanol–water partition coefficient (Wildman–Crippen LogP) is 2.16. The van der Waals surface area contributed by atoms with Crippen LogP contribution in [0.15, 0.2) is 52.3 Å². The lowest BCUT2D eigenvalue weighted by atomic mass is 10.1. The van der Waals surface area contributed by atoms with Gasteiger partial charge in [-0.1, -0.05) is 12.5 Å². The summed E-state index contributed by atoms with van der Waals surface area (Å²) in [6.45, 7) is 2.27. The number of primary sulfonamides is 1. The molecule has 0 unspecified atom stereocenters. The number of carbonyl (C=O) groups is 1. The van der Waals surface area contributed by atoms with Gasteiger partial charge in [-0.2, -0.15) is 4.31 Å². The molecule has 0 radical (unpaired) electrons. The third kappa shape index (κ3) is 5.06. The van der Waals surface area contributed by atoms with Crippen molar-refractivity contribution in [2.45, 2.75) is 42.0 Å². The Kier molecular flexibility index (Phi) is 6.70. The van der Waals surface area contributed by atoms with Crippen LogP contribution in [0.25, 0.3) is 0 Å². The molecule has 1 aliphatic heterocycles. The quantitative estimate of drug-likeness (QED) is 0.668. The Morgan fingerprint density at radius 3 is 2.52 bits per heavy atom. The Bertz CT molecular complexity index is 1200. The first-order valence-corrected chi connectivity index (χ1v) is 12.7. The summed E-state index contributed by atoms with van der Waals surface area (Å²) in [7, 11) is -6.44. The fraction of sp³-hybridized carbons (Fsp3) is 0.350. The molecule has 3 rings (SSSR count). The van der Waals surface area contributed by atoms with Crippen LogP contribution in [0.3, 0.4) is 0 Å². The van der Waals surface area contributed by atoms with Crippen molar-refractivity contribution in [3.63, 3.8) is 0 Å². The Hall–Kier alpha value is -2.47. The van der Waals surface area contributed by atoms with E-state index in [1.54, 1.807) is 0 Å². The molecule has 0 bridgehead atoms. The van der Waals surface area contributed by atoms with E-state index in [4.69, 9.17) is 9.88 Å². The lowest BCUT2D eigenvalue weighted by molar-refractivity contribution is 0.102. The van der Waals surface area contributed by atoms with Gasteiger partial charge in [0.2, 0.25) is 20.0 Å². The van der Waals surface area contributed by atoms with Crippen molar-refractivity contribution in [1.29, 1.82) is 0 Å². The Labute approximate surface area is 182 Å². The van der Waals surface area contributed by atoms with Crippen LogP contribution in [0, 0.1) is 0 Å². The fourth-order valence-electron chi connectivity index (χ4n) is 3.53. The molecule has 11 heteroatoms. The zero-order valence-electron chi connectivity index (χ0n) is 17.2. The van der Waals surface area contributed by atoms with Gasteiger partial charge in [0, 0.05) is 23.8 Å². The van der Waals surface area contributed by atoms with Gasteiger partial charge in [-0.15, -0.1) is 0 Å². The van der Waals surface area contributed by atoms with Gasteiger partial charge in [0.15, 0.2) is 0 Å². The first-order valence-electron chi connectivity index (χ1n) is 9.68. The number of rotatable bonds is 6. The zero-order chi connectivity index (χ0) is 22.8. The Morgan fingerprint density at radius 2 is 1.87 bits per heavy atom. The maximum atomic E-state index is 13.3. The lowest BCUT2D eigenvalue weighted by Crippen LogP contribution is -2.42. The summed E-state index contributed by atoms with van der Waals surface area (Å²) in [6, 6.07) is 9.47. The monoisotopic (exact) mass is 467 g/mol. The summed E-state index contributed by atoms with van der Waals surface area (Å²) in [4.78, 5) is 12.5. The van der Waals surface area contributed by atoms with Crippen LogP contribution >= 0.6 is 0 Å². The Balaban J connectivity index is 1.94. The number of ether oxygens (including phenoxy) is 1. The summed E-state index contributed by atoms with van der Waals surface area (Å²) in [5, 5.41) is 7.69. The standard InChI is InChI=1S/C20H25N3O6S2/c1-14-6-3-4-11-23(14)31(27,28)19-12-15(9-10-18(19)29-2)20(24)22-16-7-5-8-17(13-16)30(21,25)26/h5,7-10,12-14H,3-4,6,11H2,1-2H3,(H,22,24)(H2,21,25,26)/t14-/m1/s1.